The molecule has 1 aromatic carbocycles. The van der Waals surface area contributed by atoms with Gasteiger partial charge in [0.05, 0.1) is 7.11 Å². The monoisotopic (exact) mass is 311 g/mol. The van der Waals surface area contributed by atoms with Crippen LogP contribution < -0.4 is 10.1 Å². The number of methoxy groups -OCH3 is 1. The first kappa shape index (κ1) is 14.3. The van der Waals surface area contributed by atoms with Crippen molar-refractivity contribution in [3.8, 4) is 5.75 Å². The molecule has 0 saturated carbocycles. The molecule has 1 atom stereocenters. The van der Waals surface area contributed by atoms with Crippen LogP contribution in [0.4, 0.5) is 13.2 Å². The Kier molecular flexibility index (Phi) is 4.82. The molecule has 0 aromatic heterocycles. The summed E-state index contributed by atoms with van der Waals surface area (Å²) in [6.07, 6.45) is -4.36. The molecular formula is C11H13BrF3NO. The van der Waals surface area contributed by atoms with E-state index in [1.165, 1.54) is 19.2 Å². The second kappa shape index (κ2) is 5.73. The normalized spacial score (nSPS) is 13.5. The molecule has 17 heavy (non-hydrogen) atoms. The van der Waals surface area contributed by atoms with Crippen molar-refractivity contribution in [2.45, 2.75) is 19.1 Å². The van der Waals surface area contributed by atoms with Gasteiger partial charge in [-0.2, -0.15) is 13.2 Å². The number of benzene rings is 1. The first-order chi connectivity index (χ1) is 7.90. The highest BCUT2D eigenvalue weighted by molar-refractivity contribution is 9.10. The van der Waals surface area contributed by atoms with Gasteiger partial charge in [0.15, 0.2) is 0 Å². The first-order valence-corrected chi connectivity index (χ1v) is 5.83. The quantitative estimate of drug-likeness (QED) is 0.916. The van der Waals surface area contributed by atoms with Gasteiger partial charge in [-0.15, -0.1) is 0 Å². The Hall–Kier alpha value is -0.750. The summed E-state index contributed by atoms with van der Waals surface area (Å²) < 4.78 is 44.3. The predicted octanol–water partition coefficient (Wildman–Crippen LogP) is 3.67. The lowest BCUT2D eigenvalue weighted by atomic mass is 10.1. The van der Waals surface area contributed by atoms with E-state index in [-0.39, 0.29) is 17.9 Å². The van der Waals surface area contributed by atoms with Crippen LogP contribution in [0.3, 0.4) is 0 Å². The third kappa shape index (κ3) is 3.61. The second-order valence-electron chi connectivity index (χ2n) is 3.42. The highest BCUT2D eigenvalue weighted by Crippen LogP contribution is 2.38. The minimum absolute atomic E-state index is 0.0798. The van der Waals surface area contributed by atoms with Gasteiger partial charge in [0, 0.05) is 10.0 Å². The van der Waals surface area contributed by atoms with Gasteiger partial charge in [0.25, 0.3) is 0 Å². The van der Waals surface area contributed by atoms with E-state index >= 15 is 0 Å². The van der Waals surface area contributed by atoms with Crippen molar-refractivity contribution in [2.75, 3.05) is 13.7 Å². The molecule has 0 heterocycles. The number of halogens is 4. The van der Waals surface area contributed by atoms with Crippen molar-refractivity contribution >= 4 is 15.9 Å². The number of nitrogens with one attached hydrogen (secondary N) is 1. The molecule has 1 N–H and O–H groups in total. The summed E-state index contributed by atoms with van der Waals surface area (Å²) in [5, 5.41) is 2.41. The van der Waals surface area contributed by atoms with Crippen LogP contribution in [0, 0.1) is 0 Å². The molecule has 0 aliphatic heterocycles. The standard InChI is InChI=1S/C11H13BrF3NO/c1-3-16-10(11(13,14)15)8-6-7(12)4-5-9(8)17-2/h4-6,10,16H,3H2,1-2H3. The largest absolute Gasteiger partial charge is 0.496 e. The third-order valence-corrected chi connectivity index (χ3v) is 2.73. The summed E-state index contributed by atoms with van der Waals surface area (Å²) in [4.78, 5) is 0. The Balaban J connectivity index is 3.21. The van der Waals surface area contributed by atoms with Gasteiger partial charge < -0.3 is 10.1 Å². The summed E-state index contributed by atoms with van der Waals surface area (Å²) in [5.74, 6) is 0.219. The van der Waals surface area contributed by atoms with Gasteiger partial charge in [0.1, 0.15) is 11.8 Å². The van der Waals surface area contributed by atoms with E-state index in [0.717, 1.165) is 0 Å². The lowest BCUT2D eigenvalue weighted by molar-refractivity contribution is -0.157. The van der Waals surface area contributed by atoms with Crippen LogP contribution in [-0.4, -0.2) is 19.8 Å². The molecule has 0 fully saturated rings. The van der Waals surface area contributed by atoms with Crippen LogP contribution in [0.2, 0.25) is 0 Å². The highest BCUT2D eigenvalue weighted by atomic mass is 79.9. The Morgan fingerprint density at radius 3 is 2.53 bits per heavy atom. The van der Waals surface area contributed by atoms with E-state index in [1.54, 1.807) is 13.0 Å². The summed E-state index contributed by atoms with van der Waals surface area (Å²) in [7, 11) is 1.35. The van der Waals surface area contributed by atoms with Crippen LogP contribution in [0.15, 0.2) is 22.7 Å². The average Bonchev–Trinajstić information content (AvgIpc) is 2.24. The van der Waals surface area contributed by atoms with E-state index in [1.807, 2.05) is 0 Å². The van der Waals surface area contributed by atoms with Crippen molar-refractivity contribution in [2.24, 2.45) is 0 Å². The fraction of sp³-hybridized carbons (Fsp3) is 0.455. The molecule has 0 bridgehead atoms. The summed E-state index contributed by atoms with van der Waals surface area (Å²) in [5.41, 5.74) is 0.0798. The molecular weight excluding hydrogens is 299 g/mol. The summed E-state index contributed by atoms with van der Waals surface area (Å²) in [6, 6.07) is 2.84. The topological polar surface area (TPSA) is 21.3 Å². The molecule has 0 amide bonds. The van der Waals surface area contributed by atoms with Gasteiger partial charge in [0.2, 0.25) is 0 Å². The third-order valence-electron chi connectivity index (χ3n) is 2.24. The summed E-state index contributed by atoms with van der Waals surface area (Å²) in [6.45, 7) is 1.85. The van der Waals surface area contributed by atoms with Crippen molar-refractivity contribution < 1.29 is 17.9 Å². The molecule has 0 spiro atoms. The Labute approximate surface area is 106 Å². The molecule has 0 saturated heterocycles. The van der Waals surface area contributed by atoms with Gasteiger partial charge in [-0.25, -0.2) is 0 Å². The average molecular weight is 312 g/mol. The lowest BCUT2D eigenvalue weighted by Crippen LogP contribution is -2.34. The molecule has 0 aliphatic carbocycles. The van der Waals surface area contributed by atoms with Crippen LogP contribution in [-0.2, 0) is 0 Å². The summed E-state index contributed by atoms with van der Waals surface area (Å²) >= 11 is 3.16. The molecule has 96 valence electrons. The zero-order valence-corrected chi connectivity index (χ0v) is 11.0. The lowest BCUT2D eigenvalue weighted by Gasteiger charge is -2.23. The number of hydrogen-bond acceptors (Lipinski definition) is 2. The predicted molar refractivity (Wildman–Crippen MR) is 63.2 cm³/mol. The second-order valence-corrected chi connectivity index (χ2v) is 4.33. The molecule has 0 aliphatic rings. The minimum Gasteiger partial charge on any atom is -0.496 e. The smallest absolute Gasteiger partial charge is 0.408 e. The van der Waals surface area contributed by atoms with Gasteiger partial charge in [-0.1, -0.05) is 22.9 Å². The number of hydrogen-bond donors (Lipinski definition) is 1. The minimum atomic E-state index is -4.36. The maximum absolute atomic E-state index is 12.9. The van der Waals surface area contributed by atoms with Gasteiger partial charge in [-0.05, 0) is 24.7 Å². The van der Waals surface area contributed by atoms with Crippen molar-refractivity contribution in [1.29, 1.82) is 0 Å². The maximum atomic E-state index is 12.9. The van der Waals surface area contributed by atoms with Gasteiger partial charge >= 0.3 is 6.18 Å². The Bertz CT molecular complexity index is 381. The molecule has 1 unspecified atom stereocenters. The van der Waals surface area contributed by atoms with Crippen LogP contribution in [0.25, 0.3) is 0 Å². The van der Waals surface area contributed by atoms with Crippen molar-refractivity contribution in [3.63, 3.8) is 0 Å². The molecule has 6 heteroatoms. The highest BCUT2D eigenvalue weighted by Gasteiger charge is 2.41. The Morgan fingerprint density at radius 2 is 2.06 bits per heavy atom. The van der Waals surface area contributed by atoms with Crippen molar-refractivity contribution in [3.05, 3.63) is 28.2 Å². The zero-order chi connectivity index (χ0) is 13.1. The number of rotatable bonds is 4. The van der Waals surface area contributed by atoms with E-state index < -0.39 is 12.2 Å². The molecule has 2 nitrogen and oxygen atoms in total. The van der Waals surface area contributed by atoms with Crippen LogP contribution in [0.1, 0.15) is 18.5 Å². The van der Waals surface area contributed by atoms with E-state index in [9.17, 15) is 13.2 Å². The molecule has 1 aromatic rings. The maximum Gasteiger partial charge on any atom is 0.408 e. The fourth-order valence-corrected chi connectivity index (χ4v) is 1.92. The molecule has 1 rings (SSSR count). The SMILES string of the molecule is CCNC(c1cc(Br)ccc1OC)C(F)(F)F. The fourth-order valence-electron chi connectivity index (χ4n) is 1.54. The number of alkyl halides is 3. The van der Waals surface area contributed by atoms with E-state index in [2.05, 4.69) is 21.2 Å². The van der Waals surface area contributed by atoms with Crippen molar-refractivity contribution in [1.82, 2.24) is 5.32 Å². The molecule has 0 radical (unpaired) electrons. The number of ether oxygens (including phenoxy) is 1. The first-order valence-electron chi connectivity index (χ1n) is 5.03. The van der Waals surface area contributed by atoms with Gasteiger partial charge in [-0.3, -0.25) is 0 Å². The zero-order valence-electron chi connectivity index (χ0n) is 9.44. The Morgan fingerprint density at radius 1 is 1.41 bits per heavy atom. The van der Waals surface area contributed by atoms with Crippen LogP contribution >= 0.6 is 15.9 Å². The van der Waals surface area contributed by atoms with E-state index in [4.69, 9.17) is 4.74 Å². The van der Waals surface area contributed by atoms with E-state index in [0.29, 0.717) is 4.47 Å². The van der Waals surface area contributed by atoms with Crippen LogP contribution in [0.5, 0.6) is 5.75 Å².